The minimum absolute atomic E-state index is 0.0164. The van der Waals surface area contributed by atoms with Gasteiger partial charge in [0.1, 0.15) is 10.7 Å². The lowest BCUT2D eigenvalue weighted by atomic mass is 9.96. The highest BCUT2D eigenvalue weighted by Crippen LogP contribution is 2.45. The lowest BCUT2D eigenvalue weighted by Crippen LogP contribution is -2.34. The number of ether oxygens (including phenoxy) is 1. The molecular formula is C20H27ClN4O4. The second-order valence-electron chi connectivity index (χ2n) is 8.78. The maximum atomic E-state index is 12.5. The second-order valence-corrected chi connectivity index (χ2v) is 9.14. The Morgan fingerprint density at radius 3 is 2.79 bits per heavy atom. The Bertz CT molecular complexity index is 954. The van der Waals surface area contributed by atoms with Crippen molar-refractivity contribution in [2.45, 2.75) is 64.5 Å². The molecule has 5 atom stereocenters. The number of nitrogens with zero attached hydrogens (tertiary/aromatic N) is 3. The molecule has 0 bridgehead atoms. The van der Waals surface area contributed by atoms with Crippen LogP contribution in [-0.4, -0.2) is 55.1 Å². The molecule has 158 valence electrons. The number of aliphatic hydroxyl groups is 2. The lowest BCUT2D eigenvalue weighted by Gasteiger charge is -2.30. The van der Waals surface area contributed by atoms with Crippen LogP contribution in [0.2, 0.25) is 5.15 Å². The van der Waals surface area contributed by atoms with Crippen LogP contribution < -0.4 is 5.32 Å². The summed E-state index contributed by atoms with van der Waals surface area (Å²) < 4.78 is 7.84. The zero-order valence-corrected chi connectivity index (χ0v) is 17.8. The number of carbonyl (C=O) groups excluding carboxylic acids is 1. The Balaban J connectivity index is 1.84. The van der Waals surface area contributed by atoms with E-state index < -0.39 is 5.79 Å². The van der Waals surface area contributed by atoms with Gasteiger partial charge in [-0.25, -0.2) is 9.97 Å². The molecule has 4 rings (SSSR count). The van der Waals surface area contributed by atoms with Crippen molar-refractivity contribution in [3.05, 3.63) is 17.0 Å². The molecule has 0 spiro atoms. The first-order valence-corrected chi connectivity index (χ1v) is 10.3. The number of hydrogen-bond acceptors (Lipinski definition) is 7. The van der Waals surface area contributed by atoms with E-state index in [1.54, 1.807) is 20.2 Å². The largest absolute Gasteiger partial charge is 0.396 e. The summed E-state index contributed by atoms with van der Waals surface area (Å²) in [6.45, 7) is 7.21. The van der Waals surface area contributed by atoms with Crippen LogP contribution >= 0.6 is 11.6 Å². The quantitative estimate of drug-likeness (QED) is 0.513. The van der Waals surface area contributed by atoms with Gasteiger partial charge in [-0.2, -0.15) is 0 Å². The van der Waals surface area contributed by atoms with Crippen LogP contribution in [0.15, 0.2) is 6.33 Å². The van der Waals surface area contributed by atoms with E-state index in [4.69, 9.17) is 16.3 Å². The average molecular weight is 423 g/mol. The third kappa shape index (κ3) is 3.52. The van der Waals surface area contributed by atoms with E-state index in [0.717, 1.165) is 0 Å². The molecule has 2 aromatic rings. The normalized spacial score (nSPS) is 29.9. The molecule has 8 nitrogen and oxygen atoms in total. The van der Waals surface area contributed by atoms with Crippen molar-refractivity contribution in [1.29, 1.82) is 0 Å². The summed E-state index contributed by atoms with van der Waals surface area (Å²) in [4.78, 5) is 21.6. The van der Waals surface area contributed by atoms with Crippen molar-refractivity contribution in [2.24, 2.45) is 11.8 Å². The van der Waals surface area contributed by atoms with Crippen molar-refractivity contribution in [1.82, 2.24) is 14.5 Å². The molecular weight excluding hydrogens is 396 g/mol. The lowest BCUT2D eigenvalue weighted by molar-refractivity contribution is -0.211. The van der Waals surface area contributed by atoms with E-state index in [9.17, 15) is 15.0 Å². The standard InChI is InChI=1S/C20H27ClN4O4/c1-9-5-12(27)14-15(23-9)16-19(24-18(14)21)25(8-22-16)17-10(2)11(7-26)6-13(17)29-20(3,4)28/h8-11,13,17,23,26,28H,5-7H2,1-4H3/t9?,10-,11?,13+,17?/m0/s1. The van der Waals surface area contributed by atoms with Gasteiger partial charge >= 0.3 is 0 Å². The SMILES string of the molecule is CC1CC(=O)c2c(Cl)nc3c(ncn3C3[C@@H](C)C(CO)C[C@H]3OC(C)(C)O)c2N1. The van der Waals surface area contributed by atoms with Crippen molar-refractivity contribution in [2.75, 3.05) is 11.9 Å². The molecule has 0 aromatic carbocycles. The first-order valence-electron chi connectivity index (χ1n) is 9.97. The Hall–Kier alpha value is -1.74. The summed E-state index contributed by atoms with van der Waals surface area (Å²) in [5.74, 6) is -1.26. The second kappa shape index (κ2) is 7.19. The summed E-state index contributed by atoms with van der Waals surface area (Å²) in [7, 11) is 0. The van der Waals surface area contributed by atoms with Gasteiger partial charge in [-0.15, -0.1) is 0 Å². The average Bonchev–Trinajstić information content (AvgIpc) is 3.13. The van der Waals surface area contributed by atoms with E-state index >= 15 is 0 Å². The number of hydrogen-bond donors (Lipinski definition) is 3. The molecule has 2 aromatic heterocycles. The Morgan fingerprint density at radius 1 is 1.41 bits per heavy atom. The fourth-order valence-corrected chi connectivity index (χ4v) is 5.01. The maximum Gasteiger partial charge on any atom is 0.170 e. The van der Waals surface area contributed by atoms with Gasteiger partial charge < -0.3 is 24.8 Å². The van der Waals surface area contributed by atoms with Gasteiger partial charge in [0.25, 0.3) is 0 Å². The van der Waals surface area contributed by atoms with E-state index in [2.05, 4.69) is 22.2 Å². The molecule has 0 amide bonds. The van der Waals surface area contributed by atoms with Crippen molar-refractivity contribution in [3.8, 4) is 0 Å². The predicted molar refractivity (Wildman–Crippen MR) is 109 cm³/mol. The van der Waals surface area contributed by atoms with E-state index in [0.29, 0.717) is 35.3 Å². The van der Waals surface area contributed by atoms with Crippen LogP contribution in [0.3, 0.4) is 0 Å². The number of rotatable bonds is 4. The van der Waals surface area contributed by atoms with Crippen LogP contribution in [0.1, 0.15) is 56.9 Å². The molecule has 3 unspecified atom stereocenters. The van der Waals surface area contributed by atoms with Gasteiger partial charge in [0, 0.05) is 19.1 Å². The highest BCUT2D eigenvalue weighted by molar-refractivity contribution is 6.34. The molecule has 1 aliphatic heterocycles. The molecule has 1 fully saturated rings. The number of Topliss-reactive ketones (excluding diaryl/α,β-unsaturated/α-hetero) is 1. The fourth-order valence-electron chi connectivity index (χ4n) is 4.73. The zero-order chi connectivity index (χ0) is 21.1. The van der Waals surface area contributed by atoms with Crippen LogP contribution in [0.5, 0.6) is 0 Å². The Labute approximate surface area is 174 Å². The van der Waals surface area contributed by atoms with Crippen molar-refractivity contribution >= 4 is 34.2 Å². The monoisotopic (exact) mass is 422 g/mol. The van der Waals surface area contributed by atoms with Gasteiger partial charge in [0.15, 0.2) is 17.2 Å². The number of fused-ring (bicyclic) bond motifs is 3. The van der Waals surface area contributed by atoms with Gasteiger partial charge in [0.05, 0.1) is 29.7 Å². The Kier molecular flexibility index (Phi) is 5.09. The molecule has 3 N–H and O–H groups in total. The number of anilines is 1. The smallest absolute Gasteiger partial charge is 0.170 e. The number of ketones is 1. The summed E-state index contributed by atoms with van der Waals surface area (Å²) >= 11 is 6.41. The molecule has 2 aliphatic rings. The fraction of sp³-hybridized carbons (Fsp3) is 0.650. The molecule has 29 heavy (non-hydrogen) atoms. The molecule has 0 saturated heterocycles. The minimum atomic E-state index is -1.31. The van der Waals surface area contributed by atoms with Gasteiger partial charge in [-0.05, 0) is 39.0 Å². The minimum Gasteiger partial charge on any atom is -0.396 e. The van der Waals surface area contributed by atoms with Crippen molar-refractivity contribution < 1.29 is 19.7 Å². The third-order valence-corrected chi connectivity index (χ3v) is 6.29. The van der Waals surface area contributed by atoms with Crippen LogP contribution in [0, 0.1) is 11.8 Å². The van der Waals surface area contributed by atoms with E-state index in [1.165, 1.54) is 0 Å². The summed E-state index contributed by atoms with van der Waals surface area (Å²) in [6.07, 6.45) is 2.32. The first-order chi connectivity index (χ1) is 13.6. The number of halogens is 1. The molecule has 0 radical (unpaired) electrons. The molecule has 1 aliphatic carbocycles. The predicted octanol–water partition coefficient (Wildman–Crippen LogP) is 2.77. The zero-order valence-electron chi connectivity index (χ0n) is 17.0. The van der Waals surface area contributed by atoms with E-state index in [1.807, 2.05) is 11.5 Å². The van der Waals surface area contributed by atoms with Crippen LogP contribution in [-0.2, 0) is 4.74 Å². The maximum absolute atomic E-state index is 12.5. The molecule has 3 heterocycles. The van der Waals surface area contributed by atoms with E-state index in [-0.39, 0.29) is 47.6 Å². The number of aromatic nitrogens is 3. The summed E-state index contributed by atoms with van der Waals surface area (Å²) in [5.41, 5.74) is 2.15. The van der Waals surface area contributed by atoms with Crippen molar-refractivity contribution in [3.63, 3.8) is 0 Å². The highest BCUT2D eigenvalue weighted by Gasteiger charge is 2.45. The third-order valence-electron chi connectivity index (χ3n) is 6.02. The van der Waals surface area contributed by atoms with Crippen LogP contribution in [0.4, 0.5) is 5.69 Å². The van der Waals surface area contributed by atoms with Crippen LogP contribution in [0.25, 0.3) is 11.2 Å². The first kappa shape index (κ1) is 20.5. The summed E-state index contributed by atoms with van der Waals surface area (Å²) in [6, 6.07) is -0.209. The van der Waals surface area contributed by atoms with Gasteiger partial charge in [-0.1, -0.05) is 18.5 Å². The number of pyridine rings is 1. The number of carbonyl (C=O) groups is 1. The number of nitrogens with one attached hydrogen (secondary N) is 1. The molecule has 1 saturated carbocycles. The van der Waals surface area contributed by atoms with Gasteiger partial charge in [0.2, 0.25) is 0 Å². The number of imidazole rings is 1. The topological polar surface area (TPSA) is 110 Å². The van der Waals surface area contributed by atoms with Gasteiger partial charge in [-0.3, -0.25) is 4.79 Å². The Morgan fingerprint density at radius 2 is 2.14 bits per heavy atom. The summed E-state index contributed by atoms with van der Waals surface area (Å²) in [5, 5.41) is 23.5. The molecule has 9 heteroatoms. The highest BCUT2D eigenvalue weighted by atomic mass is 35.5. The number of aliphatic hydroxyl groups excluding tert-OH is 1.